The maximum Gasteiger partial charge on any atom is 0.0161 e. The molecule has 0 spiro atoms. The van der Waals surface area contributed by atoms with Crippen molar-refractivity contribution in [2.45, 2.75) is 46.6 Å². The van der Waals surface area contributed by atoms with Gasteiger partial charge in [0, 0.05) is 6.04 Å². The Morgan fingerprint density at radius 2 is 2.00 bits per heavy atom. The van der Waals surface area contributed by atoms with Crippen LogP contribution in [0.1, 0.15) is 40.5 Å². The molecular weight excluding hydrogens is 158 g/mol. The van der Waals surface area contributed by atoms with Crippen LogP contribution in [0.3, 0.4) is 0 Å². The molecule has 0 aromatic rings. The molecule has 1 aliphatic carbocycles. The van der Waals surface area contributed by atoms with E-state index < -0.39 is 0 Å². The molecule has 0 aromatic heterocycles. The molecule has 1 heteroatoms. The van der Waals surface area contributed by atoms with Crippen LogP contribution in [0, 0.1) is 5.92 Å². The molecule has 0 aromatic carbocycles. The molecule has 2 unspecified atom stereocenters. The number of hydrogen-bond acceptors (Lipinski definition) is 1. The zero-order valence-electron chi connectivity index (χ0n) is 9.51. The highest BCUT2D eigenvalue weighted by Crippen LogP contribution is 2.28. The van der Waals surface area contributed by atoms with Gasteiger partial charge in [0.25, 0.3) is 0 Å². The quantitative estimate of drug-likeness (QED) is 0.605. The summed E-state index contributed by atoms with van der Waals surface area (Å²) in [5, 5.41) is 0. The molecule has 0 fully saturated rings. The van der Waals surface area contributed by atoms with Crippen LogP contribution >= 0.6 is 0 Å². The third-order valence-corrected chi connectivity index (χ3v) is 3.51. The summed E-state index contributed by atoms with van der Waals surface area (Å²) in [7, 11) is 0. The second-order valence-electron chi connectivity index (χ2n) is 4.10. The number of nitrogens with zero attached hydrogens (tertiary/aromatic N) is 1. The zero-order valence-corrected chi connectivity index (χ0v) is 9.51. The topological polar surface area (TPSA) is 3.24 Å². The van der Waals surface area contributed by atoms with E-state index >= 15 is 0 Å². The average Bonchev–Trinajstić information content (AvgIpc) is 2.14. The highest BCUT2D eigenvalue weighted by Gasteiger charge is 2.25. The van der Waals surface area contributed by atoms with Crippen molar-refractivity contribution in [2.24, 2.45) is 5.92 Å². The number of rotatable bonds is 3. The van der Waals surface area contributed by atoms with Crippen LogP contribution in [0.5, 0.6) is 0 Å². The Hall–Kier alpha value is -0.300. The summed E-state index contributed by atoms with van der Waals surface area (Å²) >= 11 is 0. The van der Waals surface area contributed by atoms with Crippen LogP contribution in [-0.2, 0) is 0 Å². The normalized spacial score (nSPS) is 29.2. The predicted octanol–water partition coefficient (Wildman–Crippen LogP) is 3.07. The first-order chi connectivity index (χ1) is 6.20. The molecule has 0 aliphatic heterocycles. The fraction of sp³-hybridized carbons (Fsp3) is 0.833. The summed E-state index contributed by atoms with van der Waals surface area (Å²) in [5.41, 5.74) is 1.59. The summed E-state index contributed by atoms with van der Waals surface area (Å²) in [6, 6.07) is 0.792. The van der Waals surface area contributed by atoms with Gasteiger partial charge in [0.15, 0.2) is 0 Å². The number of allylic oxidation sites excluding steroid dienone is 1. The molecule has 0 saturated heterocycles. The molecule has 13 heavy (non-hydrogen) atoms. The first kappa shape index (κ1) is 10.8. The molecular formula is C12H23N. The summed E-state index contributed by atoms with van der Waals surface area (Å²) in [6.45, 7) is 11.6. The maximum atomic E-state index is 2.60. The largest absolute Gasteiger partial charge is 0.300 e. The molecule has 1 aliphatic rings. The van der Waals surface area contributed by atoms with E-state index in [1.54, 1.807) is 5.57 Å². The van der Waals surface area contributed by atoms with Crippen molar-refractivity contribution in [3.63, 3.8) is 0 Å². The Morgan fingerprint density at radius 3 is 2.54 bits per heavy atom. The van der Waals surface area contributed by atoms with Crippen molar-refractivity contribution in [3.05, 3.63) is 11.6 Å². The minimum absolute atomic E-state index is 0.758. The van der Waals surface area contributed by atoms with Crippen molar-refractivity contribution in [1.29, 1.82) is 0 Å². The fourth-order valence-corrected chi connectivity index (χ4v) is 2.41. The lowest BCUT2D eigenvalue weighted by molar-refractivity contribution is 0.162. The van der Waals surface area contributed by atoms with E-state index in [4.69, 9.17) is 0 Å². The second-order valence-corrected chi connectivity index (χ2v) is 4.10. The van der Waals surface area contributed by atoms with Gasteiger partial charge in [-0.05, 0) is 38.8 Å². The van der Waals surface area contributed by atoms with E-state index in [0.717, 1.165) is 12.0 Å². The lowest BCUT2D eigenvalue weighted by Crippen LogP contribution is -2.41. The molecule has 1 rings (SSSR count). The van der Waals surface area contributed by atoms with Crippen molar-refractivity contribution >= 4 is 0 Å². The van der Waals surface area contributed by atoms with Gasteiger partial charge in [-0.2, -0.15) is 0 Å². The van der Waals surface area contributed by atoms with Crippen LogP contribution in [-0.4, -0.2) is 24.0 Å². The first-order valence-electron chi connectivity index (χ1n) is 5.61. The van der Waals surface area contributed by atoms with E-state index in [-0.39, 0.29) is 0 Å². The van der Waals surface area contributed by atoms with E-state index in [2.05, 4.69) is 38.7 Å². The third-order valence-electron chi connectivity index (χ3n) is 3.51. The van der Waals surface area contributed by atoms with Gasteiger partial charge in [0.05, 0.1) is 0 Å². The van der Waals surface area contributed by atoms with E-state index in [9.17, 15) is 0 Å². The van der Waals surface area contributed by atoms with Gasteiger partial charge >= 0.3 is 0 Å². The molecule has 0 heterocycles. The van der Waals surface area contributed by atoms with Gasteiger partial charge in [-0.1, -0.05) is 32.4 Å². The highest BCUT2D eigenvalue weighted by molar-refractivity contribution is 5.10. The minimum atomic E-state index is 0.758. The summed E-state index contributed by atoms with van der Waals surface area (Å²) in [5.74, 6) is 0.758. The van der Waals surface area contributed by atoms with Gasteiger partial charge in [0.2, 0.25) is 0 Å². The van der Waals surface area contributed by atoms with E-state index in [1.165, 1.54) is 25.9 Å². The van der Waals surface area contributed by atoms with Crippen LogP contribution in [0.25, 0.3) is 0 Å². The molecule has 76 valence electrons. The Balaban J connectivity index is 2.64. The standard InChI is InChI=1S/C12H23N/c1-5-13(6-2)12-9-7-8-10(3)11(12)4/h8,11-12H,5-7,9H2,1-4H3. The monoisotopic (exact) mass is 181 g/mol. The second kappa shape index (κ2) is 4.80. The third kappa shape index (κ3) is 2.34. The van der Waals surface area contributed by atoms with E-state index in [0.29, 0.717) is 0 Å². The lowest BCUT2D eigenvalue weighted by atomic mass is 9.84. The van der Waals surface area contributed by atoms with Crippen molar-refractivity contribution in [2.75, 3.05) is 13.1 Å². The van der Waals surface area contributed by atoms with Crippen molar-refractivity contribution in [3.8, 4) is 0 Å². The Kier molecular flexibility index (Phi) is 3.98. The average molecular weight is 181 g/mol. The molecule has 2 atom stereocenters. The first-order valence-corrected chi connectivity index (χ1v) is 5.61. The van der Waals surface area contributed by atoms with Gasteiger partial charge in [-0.3, -0.25) is 0 Å². The van der Waals surface area contributed by atoms with E-state index in [1.807, 2.05) is 0 Å². The van der Waals surface area contributed by atoms with Crippen molar-refractivity contribution in [1.82, 2.24) is 4.90 Å². The van der Waals surface area contributed by atoms with Gasteiger partial charge in [-0.25, -0.2) is 0 Å². The predicted molar refractivity (Wildman–Crippen MR) is 58.9 cm³/mol. The molecule has 0 radical (unpaired) electrons. The van der Waals surface area contributed by atoms with Gasteiger partial charge in [0.1, 0.15) is 0 Å². The summed E-state index contributed by atoms with van der Waals surface area (Å²) in [6.07, 6.45) is 5.03. The highest BCUT2D eigenvalue weighted by atomic mass is 15.1. The van der Waals surface area contributed by atoms with Crippen LogP contribution < -0.4 is 0 Å². The fourth-order valence-electron chi connectivity index (χ4n) is 2.41. The van der Waals surface area contributed by atoms with Crippen molar-refractivity contribution < 1.29 is 0 Å². The molecule has 0 amide bonds. The zero-order chi connectivity index (χ0) is 9.84. The van der Waals surface area contributed by atoms with Crippen LogP contribution in [0.4, 0.5) is 0 Å². The molecule has 0 bridgehead atoms. The minimum Gasteiger partial charge on any atom is -0.300 e. The summed E-state index contributed by atoms with van der Waals surface area (Å²) < 4.78 is 0. The number of hydrogen-bond donors (Lipinski definition) is 0. The van der Waals surface area contributed by atoms with Gasteiger partial charge in [-0.15, -0.1) is 0 Å². The van der Waals surface area contributed by atoms with Gasteiger partial charge < -0.3 is 4.90 Å². The van der Waals surface area contributed by atoms with Crippen LogP contribution in [0.2, 0.25) is 0 Å². The molecule has 0 N–H and O–H groups in total. The molecule has 0 saturated carbocycles. The lowest BCUT2D eigenvalue weighted by Gasteiger charge is -2.37. The summed E-state index contributed by atoms with van der Waals surface area (Å²) in [4.78, 5) is 2.60. The Labute approximate surface area is 82.8 Å². The maximum absolute atomic E-state index is 2.60. The van der Waals surface area contributed by atoms with Crippen LogP contribution in [0.15, 0.2) is 11.6 Å². The smallest absolute Gasteiger partial charge is 0.0161 e. The molecule has 1 nitrogen and oxygen atoms in total. The Morgan fingerprint density at radius 1 is 1.38 bits per heavy atom. The Bertz CT molecular complexity index is 180. The SMILES string of the molecule is CCN(CC)C1CCC=C(C)C1C.